The minimum absolute atomic E-state index is 0.0185. The molecular weight excluding hydrogens is 1110 g/mol. The highest BCUT2D eigenvalue weighted by molar-refractivity contribution is 7.86. The minimum atomic E-state index is -4.87. The number of benzene rings is 2. The van der Waals surface area contributed by atoms with Gasteiger partial charge in [0.2, 0.25) is 35.7 Å². The maximum absolute atomic E-state index is 13.1. The smallest absolute Gasteiger partial charge is 0.295 e. The summed E-state index contributed by atoms with van der Waals surface area (Å²) in [7, 11) is -9.74. The Morgan fingerprint density at radius 2 is 0.881 bits per heavy atom. The monoisotopic (exact) mass is 1210 g/mol. The molecule has 2 saturated heterocycles. The molecule has 0 spiro atoms. The predicted molar refractivity (Wildman–Crippen MR) is 338 cm³/mol. The van der Waals surface area contributed by atoms with Gasteiger partial charge in [-0.3, -0.25) is 9.11 Å². The zero-order valence-corrected chi connectivity index (χ0v) is 53.5. The first-order chi connectivity index (χ1) is 39.5. The number of piperidine rings is 2. The van der Waals surface area contributed by atoms with Crippen molar-refractivity contribution in [2.75, 3.05) is 71.4 Å². The molecule has 4 heterocycles. The van der Waals surface area contributed by atoms with Crippen LogP contribution in [-0.4, -0.2) is 130 Å². The van der Waals surface area contributed by atoms with Gasteiger partial charge in [-0.2, -0.15) is 46.7 Å². The van der Waals surface area contributed by atoms with Gasteiger partial charge in [-0.15, -0.1) is 0 Å². The molecule has 2 fully saturated rings. The molecule has 0 aliphatic carbocycles. The van der Waals surface area contributed by atoms with E-state index in [1.54, 1.807) is 12.1 Å². The normalized spacial score (nSPS) is 17.8. The predicted octanol–water partition coefficient (Wildman–Crippen LogP) is 11.7. The Hall–Kier alpha value is -5.34. The van der Waals surface area contributed by atoms with E-state index in [2.05, 4.69) is 136 Å². The minimum Gasteiger partial charge on any atom is -0.381 e. The summed E-state index contributed by atoms with van der Waals surface area (Å²) in [4.78, 5) is 27.1. The van der Waals surface area contributed by atoms with Crippen LogP contribution in [0.3, 0.4) is 0 Å². The number of unbranched alkanes of at least 4 members (excludes halogenated alkanes) is 2. The molecule has 2 unspecified atom stereocenters. The van der Waals surface area contributed by atoms with Gasteiger partial charge in [0.15, 0.2) is 0 Å². The molecule has 0 radical (unpaired) electrons. The lowest BCUT2D eigenvalue weighted by Gasteiger charge is -2.46. The fourth-order valence-corrected chi connectivity index (χ4v) is 13.2. The van der Waals surface area contributed by atoms with Crippen LogP contribution in [-0.2, 0) is 29.7 Å². The summed E-state index contributed by atoms with van der Waals surface area (Å²) in [6.07, 6.45) is 16.4. The number of nitrogens with one attached hydrogen (secondary N) is 8. The van der Waals surface area contributed by atoms with Crippen molar-refractivity contribution in [1.29, 1.82) is 0 Å². The highest BCUT2D eigenvalue weighted by Gasteiger charge is 2.39. The molecule has 22 nitrogen and oxygen atoms in total. The fraction of sp³-hybridized carbons (Fsp3) is 0.667. The van der Waals surface area contributed by atoms with Crippen LogP contribution >= 0.6 is 0 Å². The first-order valence-electron chi connectivity index (χ1n) is 30.3. The molecule has 0 amide bonds. The van der Waals surface area contributed by atoms with Crippen LogP contribution in [0.4, 0.5) is 47.1 Å². The third-order valence-corrected chi connectivity index (χ3v) is 17.0. The van der Waals surface area contributed by atoms with Gasteiger partial charge >= 0.3 is 0 Å². The van der Waals surface area contributed by atoms with Crippen LogP contribution in [0.15, 0.2) is 46.2 Å². The van der Waals surface area contributed by atoms with Crippen molar-refractivity contribution in [1.82, 2.24) is 40.5 Å². The van der Waals surface area contributed by atoms with Crippen molar-refractivity contribution < 1.29 is 35.4 Å². The zero-order valence-electron chi connectivity index (χ0n) is 51.9. The molecule has 84 heavy (non-hydrogen) atoms. The van der Waals surface area contributed by atoms with Crippen LogP contribution in [0, 0.1) is 11.8 Å². The molecular formula is C60H98N14O8S2. The number of hydrogen-bond donors (Lipinski definition) is 10. The van der Waals surface area contributed by atoms with Gasteiger partial charge in [0.25, 0.3) is 20.2 Å². The quantitative estimate of drug-likeness (QED) is 0.0118. The largest absolute Gasteiger partial charge is 0.381 e. The summed E-state index contributed by atoms with van der Waals surface area (Å²) < 4.78 is 85.5. The lowest BCUT2D eigenvalue weighted by Crippen LogP contribution is -2.60. The molecule has 4 aromatic rings. The summed E-state index contributed by atoms with van der Waals surface area (Å²) in [6, 6.07) is 8.54. The number of nitrogens with zero attached hydrogens (tertiary/aromatic N) is 6. The first kappa shape index (κ1) is 67.8. The highest BCUT2D eigenvalue weighted by atomic mass is 32.2. The Kier molecular flexibility index (Phi) is 24.5. The Morgan fingerprint density at radius 1 is 0.536 bits per heavy atom. The third-order valence-electron chi connectivity index (χ3n) is 15.1. The molecule has 468 valence electrons. The van der Waals surface area contributed by atoms with Crippen LogP contribution < -0.4 is 42.5 Å². The van der Waals surface area contributed by atoms with Crippen molar-refractivity contribution in [3.63, 3.8) is 0 Å². The van der Waals surface area contributed by atoms with E-state index in [0.717, 1.165) is 77.4 Å². The number of hydrogen-bond acceptors (Lipinski definition) is 20. The van der Waals surface area contributed by atoms with E-state index in [0.29, 0.717) is 74.8 Å². The lowest BCUT2D eigenvalue weighted by molar-refractivity contribution is 0.0937. The van der Waals surface area contributed by atoms with Crippen molar-refractivity contribution in [3.05, 3.63) is 47.5 Å². The average molecular weight is 1210 g/mol. The molecule has 2 atom stereocenters. The Morgan fingerprint density at radius 3 is 1.21 bits per heavy atom. The highest BCUT2D eigenvalue weighted by Crippen LogP contribution is 2.34. The summed E-state index contributed by atoms with van der Waals surface area (Å²) in [5.41, 5.74) is -0.138. The third kappa shape index (κ3) is 22.5. The van der Waals surface area contributed by atoms with E-state index in [4.69, 9.17) is 29.4 Å². The van der Waals surface area contributed by atoms with E-state index in [-0.39, 0.29) is 68.6 Å². The lowest BCUT2D eigenvalue weighted by atomic mass is 9.79. The zero-order chi connectivity index (χ0) is 61.4. The van der Waals surface area contributed by atoms with Crippen LogP contribution in [0.1, 0.15) is 184 Å². The van der Waals surface area contributed by atoms with E-state index in [1.807, 2.05) is 0 Å². The summed E-state index contributed by atoms with van der Waals surface area (Å²) in [6.45, 7) is 29.7. The average Bonchev–Trinajstić information content (AvgIpc) is 2.33. The van der Waals surface area contributed by atoms with Crippen LogP contribution in [0.5, 0.6) is 0 Å². The summed E-state index contributed by atoms with van der Waals surface area (Å²) >= 11 is 0. The molecule has 2 aromatic heterocycles. The van der Waals surface area contributed by atoms with Gasteiger partial charge in [0.1, 0.15) is 9.79 Å². The Labute approximate surface area is 500 Å². The Bertz CT molecular complexity index is 2790. The number of rotatable bonds is 34. The van der Waals surface area contributed by atoms with Gasteiger partial charge in [-0.05, 0) is 154 Å². The van der Waals surface area contributed by atoms with Gasteiger partial charge in [0, 0.05) is 85.1 Å². The number of anilines is 8. The first-order valence-corrected chi connectivity index (χ1v) is 33.2. The van der Waals surface area contributed by atoms with Gasteiger partial charge in [-0.1, -0.05) is 90.5 Å². The SMILES string of the molecule is CCCCC(CC)COCCCNc1nc(Nc2ccc(/C=C/c3ccc(Nc4nc(NCCCOCC(CC)CCCC)nc(NC5CC(C)(C)NC(C)(C)C5)n4)cc3S(=O)(=O)O)c(S(=O)(=O)O)c2)nc(NC2CC(C)(C)NC(C)(C)C2)n1. The summed E-state index contributed by atoms with van der Waals surface area (Å²) in [5, 5.41) is 27.2. The molecule has 0 saturated carbocycles. The topological polar surface area (TPSA) is 301 Å². The number of ether oxygens (including phenoxy) is 2. The molecule has 2 aromatic carbocycles. The van der Waals surface area contributed by atoms with Crippen molar-refractivity contribution in [2.45, 2.75) is 217 Å². The van der Waals surface area contributed by atoms with E-state index >= 15 is 0 Å². The molecule has 24 heteroatoms. The second-order valence-electron chi connectivity index (χ2n) is 25.5. The fourth-order valence-electron chi connectivity index (χ4n) is 11.8. The van der Waals surface area contributed by atoms with E-state index in [1.165, 1.54) is 49.3 Å². The standard InChI is InChI=1S/C60H98N14O8S2/c1-13-17-21-41(15-3)39-81-31-19-29-61-51-67-53(71-55(69-51)65-47-35-57(5,6)73-58(7,8)36-47)63-45-27-25-43(49(33-45)83(75,76)77)23-24-44-26-28-46(34-50(44)84(78,79)80)64-54-68-52(62-30-20-32-82-40-42(16-4)22-18-14-2)70-56(72-54)66-48-37-59(9,10)74-60(11,12)38-48/h23-28,33-34,41-42,47-48,73-74H,13-22,29-32,35-40H2,1-12H3,(H,75,76,77)(H,78,79,80)(H3,61,63,65,67,69,71)(H3,62,64,66,68,70,72)/b24-23+. The van der Waals surface area contributed by atoms with Crippen molar-refractivity contribution >= 4 is 79.5 Å². The second-order valence-corrected chi connectivity index (χ2v) is 28.3. The second kappa shape index (κ2) is 30.3. The van der Waals surface area contributed by atoms with Gasteiger partial charge in [-0.25, -0.2) is 0 Å². The van der Waals surface area contributed by atoms with Crippen molar-refractivity contribution in [3.8, 4) is 0 Å². The Balaban J connectivity index is 1.22. The van der Waals surface area contributed by atoms with E-state index in [9.17, 15) is 25.9 Å². The molecule has 0 bridgehead atoms. The number of aromatic nitrogens is 6. The maximum Gasteiger partial charge on any atom is 0.295 e. The summed E-state index contributed by atoms with van der Waals surface area (Å²) in [5.74, 6) is 2.53. The van der Waals surface area contributed by atoms with Crippen molar-refractivity contribution in [2.24, 2.45) is 11.8 Å². The van der Waals surface area contributed by atoms with Gasteiger partial charge < -0.3 is 52.0 Å². The maximum atomic E-state index is 13.1. The molecule has 2 aliphatic heterocycles. The van der Waals surface area contributed by atoms with E-state index < -0.39 is 30.0 Å². The van der Waals surface area contributed by atoms with Crippen LogP contribution in [0.2, 0.25) is 0 Å². The molecule has 6 rings (SSSR count). The molecule has 10 N–H and O–H groups in total. The molecule has 2 aliphatic rings. The van der Waals surface area contributed by atoms with Gasteiger partial charge in [0.05, 0.1) is 0 Å². The van der Waals surface area contributed by atoms with Crippen LogP contribution in [0.25, 0.3) is 12.2 Å².